The van der Waals surface area contributed by atoms with E-state index in [1.165, 1.54) is 25.7 Å². The van der Waals surface area contributed by atoms with Crippen molar-refractivity contribution in [3.63, 3.8) is 0 Å². The van der Waals surface area contributed by atoms with Crippen molar-refractivity contribution in [1.29, 1.82) is 0 Å². The topological polar surface area (TPSA) is 63.4 Å². The zero-order valence-corrected chi connectivity index (χ0v) is 14.2. The number of fused-ring (bicyclic) bond motifs is 2. The van der Waals surface area contributed by atoms with Crippen LogP contribution in [0.4, 0.5) is 0 Å². The second kappa shape index (κ2) is 6.53. The Morgan fingerprint density at radius 1 is 1.21 bits per heavy atom. The third-order valence-corrected chi connectivity index (χ3v) is 5.27. The number of hydrogen-bond donors (Lipinski definition) is 1. The highest BCUT2D eigenvalue weighted by Gasteiger charge is 2.35. The predicted octanol–water partition coefficient (Wildman–Crippen LogP) is 2.46. The highest BCUT2D eigenvalue weighted by molar-refractivity contribution is 5.55. The Bertz CT molecular complexity index is 673. The summed E-state index contributed by atoms with van der Waals surface area (Å²) in [4.78, 5) is 6.91. The summed E-state index contributed by atoms with van der Waals surface area (Å²) in [7, 11) is 3.82. The fraction of sp³-hybridized carbons (Fsp3) is 0.556. The van der Waals surface area contributed by atoms with E-state index >= 15 is 0 Å². The van der Waals surface area contributed by atoms with Crippen LogP contribution in [0.2, 0.25) is 0 Å². The monoisotopic (exact) mass is 328 g/mol. The lowest BCUT2D eigenvalue weighted by molar-refractivity contribution is 0.150. The Hall–Kier alpha value is -1.92. The molecule has 128 valence electrons. The smallest absolute Gasteiger partial charge is 0.241 e. The number of nitrogens with one attached hydrogen (secondary N) is 1. The van der Waals surface area contributed by atoms with Crippen LogP contribution < -0.4 is 10.1 Å². The molecule has 6 nitrogen and oxygen atoms in total. The van der Waals surface area contributed by atoms with Gasteiger partial charge in [-0.05, 0) is 57.0 Å². The summed E-state index contributed by atoms with van der Waals surface area (Å²) in [5.74, 6) is 2.13. The molecule has 0 spiro atoms. The number of benzene rings is 1. The minimum absolute atomic E-state index is 0.597. The minimum Gasteiger partial charge on any atom is -0.497 e. The molecule has 1 N–H and O–H groups in total. The first-order chi connectivity index (χ1) is 11.7. The van der Waals surface area contributed by atoms with Crippen molar-refractivity contribution in [1.82, 2.24) is 20.4 Å². The molecule has 0 saturated carbocycles. The Morgan fingerprint density at radius 2 is 1.92 bits per heavy atom. The molecule has 2 aliphatic heterocycles. The molecule has 2 bridgehead atoms. The fourth-order valence-corrected chi connectivity index (χ4v) is 3.91. The van der Waals surface area contributed by atoms with E-state index in [2.05, 4.69) is 27.4 Å². The largest absolute Gasteiger partial charge is 0.497 e. The molecule has 1 aromatic heterocycles. The van der Waals surface area contributed by atoms with Gasteiger partial charge in [0.15, 0.2) is 0 Å². The number of piperidine rings is 1. The van der Waals surface area contributed by atoms with Crippen LogP contribution in [-0.2, 0) is 6.54 Å². The van der Waals surface area contributed by atoms with Crippen molar-refractivity contribution < 1.29 is 9.26 Å². The Balaban J connectivity index is 1.41. The number of aromatic nitrogens is 2. The van der Waals surface area contributed by atoms with E-state index < -0.39 is 0 Å². The van der Waals surface area contributed by atoms with Gasteiger partial charge in [-0.15, -0.1) is 0 Å². The maximum Gasteiger partial charge on any atom is 0.241 e. The lowest BCUT2D eigenvalue weighted by Gasteiger charge is -2.34. The molecular weight excluding hydrogens is 304 g/mol. The fourth-order valence-electron chi connectivity index (χ4n) is 3.91. The number of hydrogen-bond acceptors (Lipinski definition) is 6. The van der Waals surface area contributed by atoms with Crippen LogP contribution in [0.5, 0.6) is 5.75 Å². The highest BCUT2D eigenvalue weighted by atomic mass is 16.5. The van der Waals surface area contributed by atoms with E-state index in [4.69, 9.17) is 9.26 Å². The summed E-state index contributed by atoms with van der Waals surface area (Å²) in [6, 6.07) is 9.68. The maximum absolute atomic E-state index is 5.46. The molecule has 2 aromatic rings. The number of rotatable bonds is 5. The molecule has 4 rings (SSSR count). The van der Waals surface area contributed by atoms with Crippen molar-refractivity contribution in [3.05, 3.63) is 30.2 Å². The van der Waals surface area contributed by atoms with Crippen molar-refractivity contribution >= 4 is 0 Å². The van der Waals surface area contributed by atoms with Crippen LogP contribution in [-0.4, -0.2) is 47.3 Å². The van der Waals surface area contributed by atoms with Crippen LogP contribution in [0.3, 0.4) is 0 Å². The summed E-state index contributed by atoms with van der Waals surface area (Å²) in [6.45, 7) is 0.702. The number of nitrogens with zero attached hydrogens (tertiary/aromatic N) is 3. The summed E-state index contributed by atoms with van der Waals surface area (Å²) < 4.78 is 10.6. The summed E-state index contributed by atoms with van der Waals surface area (Å²) in [5, 5.41) is 7.80. The molecule has 0 aliphatic carbocycles. The van der Waals surface area contributed by atoms with Gasteiger partial charge in [0.05, 0.1) is 13.7 Å². The van der Waals surface area contributed by atoms with Gasteiger partial charge in [-0.2, -0.15) is 4.98 Å². The number of methoxy groups -OCH3 is 1. The first-order valence-electron chi connectivity index (χ1n) is 8.64. The van der Waals surface area contributed by atoms with Crippen LogP contribution in [0.25, 0.3) is 11.4 Å². The molecule has 1 aromatic carbocycles. The minimum atomic E-state index is 0.597. The maximum atomic E-state index is 5.46. The molecule has 0 radical (unpaired) electrons. The molecule has 24 heavy (non-hydrogen) atoms. The summed E-state index contributed by atoms with van der Waals surface area (Å²) in [5.41, 5.74) is 0.938. The predicted molar refractivity (Wildman–Crippen MR) is 90.7 cm³/mol. The lowest BCUT2D eigenvalue weighted by atomic mass is 9.98. The zero-order chi connectivity index (χ0) is 16.5. The van der Waals surface area contributed by atoms with Gasteiger partial charge < -0.3 is 14.6 Å². The van der Waals surface area contributed by atoms with Crippen LogP contribution in [0.15, 0.2) is 28.8 Å². The molecule has 6 heteroatoms. The van der Waals surface area contributed by atoms with Crippen LogP contribution in [0, 0.1) is 0 Å². The van der Waals surface area contributed by atoms with Gasteiger partial charge in [0, 0.05) is 23.7 Å². The molecule has 2 saturated heterocycles. The van der Waals surface area contributed by atoms with Gasteiger partial charge in [-0.25, -0.2) is 0 Å². The molecule has 0 amide bonds. The molecule has 2 atom stereocenters. The quantitative estimate of drug-likeness (QED) is 0.910. The van der Waals surface area contributed by atoms with Crippen molar-refractivity contribution in [2.45, 2.75) is 50.4 Å². The van der Waals surface area contributed by atoms with Crippen molar-refractivity contribution in [2.24, 2.45) is 0 Å². The van der Waals surface area contributed by atoms with Gasteiger partial charge in [0.25, 0.3) is 0 Å². The third kappa shape index (κ3) is 3.16. The molecule has 3 heterocycles. The van der Waals surface area contributed by atoms with E-state index in [1.54, 1.807) is 7.11 Å². The van der Waals surface area contributed by atoms with Gasteiger partial charge in [0.2, 0.25) is 11.7 Å². The van der Waals surface area contributed by atoms with Gasteiger partial charge >= 0.3 is 0 Å². The van der Waals surface area contributed by atoms with Crippen LogP contribution >= 0.6 is 0 Å². The van der Waals surface area contributed by atoms with E-state index in [-0.39, 0.29) is 0 Å². The second-order valence-corrected chi connectivity index (χ2v) is 6.92. The van der Waals surface area contributed by atoms with Crippen molar-refractivity contribution in [3.8, 4) is 17.1 Å². The summed E-state index contributed by atoms with van der Waals surface area (Å²) in [6.07, 6.45) is 5.06. The van der Waals surface area contributed by atoms with Gasteiger partial charge in [-0.1, -0.05) is 5.16 Å². The lowest BCUT2D eigenvalue weighted by Crippen LogP contribution is -2.46. The molecular formula is C18H24N4O2. The van der Waals surface area contributed by atoms with Crippen molar-refractivity contribution in [2.75, 3.05) is 14.2 Å². The molecule has 2 unspecified atom stereocenters. The second-order valence-electron chi connectivity index (χ2n) is 6.92. The zero-order valence-electron chi connectivity index (χ0n) is 14.2. The van der Waals surface area contributed by atoms with E-state index in [1.807, 2.05) is 24.3 Å². The molecule has 2 aliphatic rings. The van der Waals surface area contributed by atoms with E-state index in [0.717, 1.165) is 11.3 Å². The average Bonchev–Trinajstić information content (AvgIpc) is 3.21. The normalized spacial score (nSPS) is 26.0. The first-order valence-corrected chi connectivity index (χ1v) is 8.64. The number of ether oxygens (including phenoxy) is 1. The SMILES string of the molecule is COc1ccc(-c2noc(CN(C)C3CC4CCC(C3)N4)n2)cc1. The summed E-state index contributed by atoms with van der Waals surface area (Å²) >= 11 is 0. The van der Waals surface area contributed by atoms with Crippen LogP contribution in [0.1, 0.15) is 31.6 Å². The Labute approximate surface area is 142 Å². The standard InChI is InChI=1S/C18H24N4O2/c1-22(15-9-13-5-6-14(10-15)19-13)11-17-20-18(21-24-17)12-3-7-16(23-2)8-4-12/h3-4,7-8,13-15,19H,5-6,9-11H2,1-2H3. The van der Waals surface area contributed by atoms with Gasteiger partial charge in [-0.3, -0.25) is 4.90 Å². The Kier molecular flexibility index (Phi) is 4.24. The van der Waals surface area contributed by atoms with E-state index in [0.29, 0.717) is 36.4 Å². The van der Waals surface area contributed by atoms with E-state index in [9.17, 15) is 0 Å². The average molecular weight is 328 g/mol. The first kappa shape index (κ1) is 15.6. The van der Waals surface area contributed by atoms with Gasteiger partial charge in [0.1, 0.15) is 5.75 Å². The third-order valence-electron chi connectivity index (χ3n) is 5.27. The highest BCUT2D eigenvalue weighted by Crippen LogP contribution is 2.30. The molecule has 2 fully saturated rings. The Morgan fingerprint density at radius 3 is 2.58 bits per heavy atom.